The summed E-state index contributed by atoms with van der Waals surface area (Å²) >= 11 is 5.88. The lowest BCUT2D eigenvalue weighted by Crippen LogP contribution is -2.41. The predicted octanol–water partition coefficient (Wildman–Crippen LogP) is 6.57. The summed E-state index contributed by atoms with van der Waals surface area (Å²) in [5.41, 5.74) is 0.770. The molecule has 4 rings (SSSR count). The first-order valence-electron chi connectivity index (χ1n) is 11.2. The van der Waals surface area contributed by atoms with Gasteiger partial charge in [0.25, 0.3) is 0 Å². The van der Waals surface area contributed by atoms with Crippen LogP contribution in [0.2, 0.25) is 5.02 Å². The molecule has 6 heteroatoms. The van der Waals surface area contributed by atoms with Crippen LogP contribution in [0, 0.1) is 0 Å². The Hall–Kier alpha value is -4.22. The minimum atomic E-state index is -1.31. The third-order valence-electron chi connectivity index (χ3n) is 5.45. The number of esters is 1. The standard InChI is InChI=1S/C30H23ClO5/c1-30(2,36-26-18-12-23(13-19-26)28(33)21-8-14-24(31)15-9-21)29(34)35-25-16-10-22(11-17-25)27(32)20-6-4-3-5-7-20/h3-19H,1-2H3. The Labute approximate surface area is 214 Å². The molecule has 0 saturated heterocycles. The normalized spacial score (nSPS) is 11.0. The maximum Gasteiger partial charge on any atom is 0.355 e. The first-order chi connectivity index (χ1) is 17.2. The molecular weight excluding hydrogens is 476 g/mol. The smallest absolute Gasteiger partial charge is 0.355 e. The lowest BCUT2D eigenvalue weighted by atomic mass is 10.0. The van der Waals surface area contributed by atoms with Crippen LogP contribution in [-0.4, -0.2) is 23.1 Å². The van der Waals surface area contributed by atoms with Crippen molar-refractivity contribution in [1.29, 1.82) is 0 Å². The summed E-state index contributed by atoms with van der Waals surface area (Å²) in [6.45, 7) is 3.19. The molecule has 4 aromatic rings. The van der Waals surface area contributed by atoms with Crippen LogP contribution < -0.4 is 9.47 Å². The minimum absolute atomic E-state index is 0.116. The zero-order valence-corrected chi connectivity index (χ0v) is 20.5. The number of ketones is 2. The van der Waals surface area contributed by atoms with E-state index in [0.717, 1.165) is 0 Å². The molecule has 0 aliphatic rings. The Balaban J connectivity index is 1.38. The van der Waals surface area contributed by atoms with Crippen LogP contribution in [0.3, 0.4) is 0 Å². The molecule has 0 N–H and O–H groups in total. The van der Waals surface area contributed by atoms with E-state index in [1.54, 1.807) is 111 Å². The fourth-order valence-corrected chi connectivity index (χ4v) is 3.57. The van der Waals surface area contributed by atoms with Crippen molar-refractivity contribution in [1.82, 2.24) is 0 Å². The largest absolute Gasteiger partial charge is 0.476 e. The maximum absolute atomic E-state index is 12.8. The maximum atomic E-state index is 12.8. The average molecular weight is 499 g/mol. The fraction of sp³-hybridized carbons (Fsp3) is 0.100. The fourth-order valence-electron chi connectivity index (χ4n) is 3.44. The van der Waals surface area contributed by atoms with E-state index in [1.165, 1.54) is 0 Å². The Kier molecular flexibility index (Phi) is 7.32. The van der Waals surface area contributed by atoms with E-state index in [0.29, 0.717) is 38.8 Å². The SMILES string of the molecule is CC(C)(Oc1ccc(C(=O)c2ccc(Cl)cc2)cc1)C(=O)Oc1ccc(C(=O)c2ccccc2)cc1. The number of carbonyl (C=O) groups is 3. The average Bonchev–Trinajstić information content (AvgIpc) is 2.89. The summed E-state index contributed by atoms with van der Waals surface area (Å²) < 4.78 is 11.3. The highest BCUT2D eigenvalue weighted by atomic mass is 35.5. The van der Waals surface area contributed by atoms with Gasteiger partial charge in [0.15, 0.2) is 11.6 Å². The third kappa shape index (κ3) is 5.88. The molecule has 0 aliphatic heterocycles. The second-order valence-electron chi connectivity index (χ2n) is 8.58. The molecule has 0 bridgehead atoms. The van der Waals surface area contributed by atoms with E-state index in [1.807, 2.05) is 6.07 Å². The van der Waals surface area contributed by atoms with Gasteiger partial charge in [0.1, 0.15) is 11.5 Å². The van der Waals surface area contributed by atoms with E-state index in [2.05, 4.69) is 0 Å². The molecule has 0 atom stereocenters. The van der Waals surface area contributed by atoms with Gasteiger partial charge in [-0.25, -0.2) is 4.79 Å². The second-order valence-corrected chi connectivity index (χ2v) is 9.02. The van der Waals surface area contributed by atoms with Gasteiger partial charge in [-0.05, 0) is 86.6 Å². The molecule has 0 heterocycles. The zero-order chi connectivity index (χ0) is 25.7. The first-order valence-corrected chi connectivity index (χ1v) is 11.6. The molecule has 5 nitrogen and oxygen atoms in total. The van der Waals surface area contributed by atoms with Gasteiger partial charge in [-0.15, -0.1) is 0 Å². The summed E-state index contributed by atoms with van der Waals surface area (Å²) in [4.78, 5) is 38.0. The molecule has 4 aromatic carbocycles. The van der Waals surface area contributed by atoms with Gasteiger partial charge in [0.05, 0.1) is 0 Å². The van der Waals surface area contributed by atoms with Crippen LogP contribution in [0.25, 0.3) is 0 Å². The predicted molar refractivity (Wildman–Crippen MR) is 138 cm³/mol. The van der Waals surface area contributed by atoms with Crippen molar-refractivity contribution in [2.45, 2.75) is 19.4 Å². The molecule has 0 aromatic heterocycles. The van der Waals surface area contributed by atoms with Crippen molar-refractivity contribution in [3.8, 4) is 11.5 Å². The molecule has 0 saturated carbocycles. The molecule has 0 unspecified atom stereocenters. The van der Waals surface area contributed by atoms with E-state index >= 15 is 0 Å². The molecule has 36 heavy (non-hydrogen) atoms. The van der Waals surface area contributed by atoms with E-state index in [9.17, 15) is 14.4 Å². The monoisotopic (exact) mass is 498 g/mol. The zero-order valence-electron chi connectivity index (χ0n) is 19.7. The van der Waals surface area contributed by atoms with Gasteiger partial charge in [-0.2, -0.15) is 0 Å². The Bertz CT molecular complexity index is 1370. The Morgan fingerprint density at radius 2 is 1.00 bits per heavy atom. The first kappa shape index (κ1) is 24.9. The van der Waals surface area contributed by atoms with Crippen LogP contribution in [-0.2, 0) is 4.79 Å². The third-order valence-corrected chi connectivity index (χ3v) is 5.70. The highest BCUT2D eigenvalue weighted by molar-refractivity contribution is 6.30. The van der Waals surface area contributed by atoms with Crippen molar-refractivity contribution < 1.29 is 23.9 Å². The highest BCUT2D eigenvalue weighted by Gasteiger charge is 2.32. The van der Waals surface area contributed by atoms with Crippen molar-refractivity contribution in [3.63, 3.8) is 0 Å². The van der Waals surface area contributed by atoms with Gasteiger partial charge in [0, 0.05) is 27.3 Å². The summed E-state index contributed by atoms with van der Waals surface area (Å²) in [7, 11) is 0. The van der Waals surface area contributed by atoms with Crippen molar-refractivity contribution in [2.75, 3.05) is 0 Å². The Morgan fingerprint density at radius 1 is 0.583 bits per heavy atom. The van der Waals surface area contributed by atoms with Crippen molar-refractivity contribution in [2.24, 2.45) is 0 Å². The van der Waals surface area contributed by atoms with E-state index < -0.39 is 11.6 Å². The van der Waals surface area contributed by atoms with E-state index in [4.69, 9.17) is 21.1 Å². The molecule has 0 radical (unpaired) electrons. The van der Waals surface area contributed by atoms with Gasteiger partial charge >= 0.3 is 5.97 Å². The summed E-state index contributed by atoms with van der Waals surface area (Å²) in [5.74, 6) is -0.161. The molecule has 0 aliphatic carbocycles. The van der Waals surface area contributed by atoms with Gasteiger partial charge in [0.2, 0.25) is 5.60 Å². The lowest BCUT2D eigenvalue weighted by Gasteiger charge is -2.24. The molecule has 0 amide bonds. The van der Waals surface area contributed by atoms with Crippen LogP contribution in [0.4, 0.5) is 0 Å². The topological polar surface area (TPSA) is 69.7 Å². The van der Waals surface area contributed by atoms with Crippen LogP contribution in [0.1, 0.15) is 45.7 Å². The number of carbonyl (C=O) groups excluding carboxylic acids is 3. The molecule has 0 fully saturated rings. The second kappa shape index (κ2) is 10.6. The number of rotatable bonds is 8. The summed E-state index contributed by atoms with van der Waals surface area (Å²) in [5, 5.41) is 0.557. The van der Waals surface area contributed by atoms with Crippen molar-refractivity contribution in [3.05, 3.63) is 130 Å². The van der Waals surface area contributed by atoms with E-state index in [-0.39, 0.29) is 11.6 Å². The van der Waals surface area contributed by atoms with Crippen LogP contribution in [0.15, 0.2) is 103 Å². The number of benzene rings is 4. The van der Waals surface area contributed by atoms with Gasteiger partial charge in [-0.1, -0.05) is 41.9 Å². The van der Waals surface area contributed by atoms with Gasteiger partial charge in [-0.3, -0.25) is 9.59 Å². The quantitative estimate of drug-likeness (QED) is 0.156. The number of ether oxygens (including phenoxy) is 2. The number of hydrogen-bond donors (Lipinski definition) is 0. The lowest BCUT2D eigenvalue weighted by molar-refractivity contribution is -0.149. The van der Waals surface area contributed by atoms with Crippen LogP contribution in [0.5, 0.6) is 11.5 Å². The van der Waals surface area contributed by atoms with Gasteiger partial charge < -0.3 is 9.47 Å². The Morgan fingerprint density at radius 3 is 1.50 bits per heavy atom. The number of halogens is 1. The van der Waals surface area contributed by atoms with Crippen LogP contribution >= 0.6 is 11.6 Å². The molecular formula is C30H23ClO5. The van der Waals surface area contributed by atoms with Crippen molar-refractivity contribution >= 4 is 29.1 Å². The highest BCUT2D eigenvalue weighted by Crippen LogP contribution is 2.23. The summed E-state index contributed by atoms with van der Waals surface area (Å²) in [6, 6.07) is 28.5. The molecule has 0 spiro atoms. The minimum Gasteiger partial charge on any atom is -0.476 e. The summed E-state index contributed by atoms with van der Waals surface area (Å²) in [6.07, 6.45) is 0. The molecule has 180 valence electrons. The number of hydrogen-bond acceptors (Lipinski definition) is 5.